The molecule has 3 rings (SSSR count). The molecule has 0 atom stereocenters. The third-order valence-corrected chi connectivity index (χ3v) is 5.54. The van der Waals surface area contributed by atoms with E-state index in [0.29, 0.717) is 31.1 Å². The second-order valence-electron chi connectivity index (χ2n) is 6.77. The van der Waals surface area contributed by atoms with Crippen molar-refractivity contribution in [3.05, 3.63) is 57.6 Å². The number of aryl methyl sites for hydroxylation is 1. The van der Waals surface area contributed by atoms with Crippen LogP contribution in [-0.4, -0.2) is 34.1 Å². The molecule has 2 aromatic rings. The maximum absolute atomic E-state index is 12.8. The number of rotatable bonds is 3. The molecular formula is C20H23ClN2O3. The van der Waals surface area contributed by atoms with Gasteiger partial charge in [-0.05, 0) is 48.4 Å². The topological polar surface area (TPSA) is 86.8 Å². The molecule has 1 heterocycles. The fraction of sp³-hybridized carbons (Fsp3) is 0.350. The zero-order valence-electron chi connectivity index (χ0n) is 14.7. The Morgan fingerprint density at radius 1 is 1.23 bits per heavy atom. The predicted molar refractivity (Wildman–Crippen MR) is 102 cm³/mol. The molecule has 0 spiro atoms. The molecule has 0 bridgehead atoms. The van der Waals surface area contributed by atoms with E-state index in [9.17, 15) is 15.0 Å². The second-order valence-corrected chi connectivity index (χ2v) is 7.15. The molecule has 1 saturated heterocycles. The van der Waals surface area contributed by atoms with Crippen molar-refractivity contribution in [1.29, 1.82) is 0 Å². The van der Waals surface area contributed by atoms with Gasteiger partial charge in [0.15, 0.2) is 11.5 Å². The minimum atomic E-state index is -0.455. The van der Waals surface area contributed by atoms with E-state index in [1.165, 1.54) is 11.6 Å². The van der Waals surface area contributed by atoms with E-state index in [2.05, 4.69) is 12.1 Å². The number of amides is 1. The largest absolute Gasteiger partial charge is 0.504 e. The Morgan fingerprint density at radius 3 is 2.58 bits per heavy atom. The molecule has 0 aromatic heterocycles. The van der Waals surface area contributed by atoms with Crippen LogP contribution in [0.3, 0.4) is 0 Å². The number of hydrogen-bond acceptors (Lipinski definition) is 4. The number of likely N-dealkylation sites (tertiary alicyclic amines) is 1. The highest BCUT2D eigenvalue weighted by Gasteiger charge is 2.28. The van der Waals surface area contributed by atoms with Crippen molar-refractivity contribution in [3.8, 4) is 11.5 Å². The van der Waals surface area contributed by atoms with Crippen molar-refractivity contribution in [1.82, 2.24) is 4.90 Å². The molecule has 6 heteroatoms. The summed E-state index contributed by atoms with van der Waals surface area (Å²) in [5.41, 5.74) is 8.72. The first-order chi connectivity index (χ1) is 12.4. The van der Waals surface area contributed by atoms with Gasteiger partial charge in [-0.2, -0.15) is 0 Å². The number of carbonyl (C=O) groups excluding carboxylic acids is 1. The highest BCUT2D eigenvalue weighted by atomic mass is 35.5. The summed E-state index contributed by atoms with van der Waals surface area (Å²) in [6, 6.07) is 9.80. The molecule has 5 nitrogen and oxygen atoms in total. The molecular weight excluding hydrogens is 352 g/mol. The number of carbonyl (C=O) groups is 1. The Kier molecular flexibility index (Phi) is 5.39. The van der Waals surface area contributed by atoms with E-state index in [4.69, 9.17) is 17.3 Å². The lowest BCUT2D eigenvalue weighted by Crippen LogP contribution is -2.38. The van der Waals surface area contributed by atoms with Crippen LogP contribution in [0.15, 0.2) is 30.3 Å². The fourth-order valence-electron chi connectivity index (χ4n) is 3.49. The van der Waals surface area contributed by atoms with Crippen LogP contribution in [0, 0.1) is 6.92 Å². The molecule has 2 aromatic carbocycles. The number of hydrogen-bond donors (Lipinski definition) is 3. The number of phenols is 2. The lowest BCUT2D eigenvalue weighted by Gasteiger charge is -2.32. The second kappa shape index (κ2) is 7.56. The van der Waals surface area contributed by atoms with Crippen molar-refractivity contribution in [2.45, 2.75) is 32.2 Å². The average Bonchev–Trinajstić information content (AvgIpc) is 2.68. The number of phenolic OH excluding ortho intramolecular Hbond substituents is 2. The lowest BCUT2D eigenvalue weighted by atomic mass is 9.88. The normalized spacial score (nSPS) is 15.3. The molecule has 1 fully saturated rings. The van der Waals surface area contributed by atoms with E-state index < -0.39 is 11.5 Å². The summed E-state index contributed by atoms with van der Waals surface area (Å²) in [6.07, 6.45) is 1.69. The molecule has 0 radical (unpaired) electrons. The molecule has 1 aliphatic rings. The van der Waals surface area contributed by atoms with Gasteiger partial charge in [-0.1, -0.05) is 35.9 Å². The van der Waals surface area contributed by atoms with Gasteiger partial charge in [0.1, 0.15) is 0 Å². The summed E-state index contributed by atoms with van der Waals surface area (Å²) in [4.78, 5) is 14.5. The van der Waals surface area contributed by atoms with Crippen LogP contribution in [-0.2, 0) is 6.54 Å². The molecule has 138 valence electrons. The van der Waals surface area contributed by atoms with Crippen LogP contribution in [0.1, 0.15) is 45.8 Å². The molecule has 1 amide bonds. The van der Waals surface area contributed by atoms with Crippen molar-refractivity contribution >= 4 is 17.5 Å². The molecule has 1 aliphatic heterocycles. The Labute approximate surface area is 158 Å². The van der Waals surface area contributed by atoms with Crippen LogP contribution < -0.4 is 5.73 Å². The van der Waals surface area contributed by atoms with Gasteiger partial charge in [0.2, 0.25) is 0 Å². The first kappa shape index (κ1) is 18.5. The molecule has 26 heavy (non-hydrogen) atoms. The summed E-state index contributed by atoms with van der Waals surface area (Å²) < 4.78 is 0. The Bertz CT molecular complexity index is 830. The zero-order chi connectivity index (χ0) is 18.8. The Hall–Kier alpha value is -2.24. The van der Waals surface area contributed by atoms with Crippen molar-refractivity contribution in [2.24, 2.45) is 5.73 Å². The summed E-state index contributed by atoms with van der Waals surface area (Å²) in [5, 5.41) is 20.1. The number of aromatic hydroxyl groups is 2. The fourth-order valence-corrected chi connectivity index (χ4v) is 3.63. The standard InChI is InChI=1S/C20H23ClN2O3/c1-12-9-16(18(24)19(25)17(12)21)20(26)23-7-5-14(6-8-23)15-4-2-3-13(10-15)11-22/h2-4,9-10,14,24-25H,5-8,11,22H2,1H3. The zero-order valence-corrected chi connectivity index (χ0v) is 15.5. The number of nitrogens with zero attached hydrogens (tertiary/aromatic N) is 1. The van der Waals surface area contributed by atoms with Gasteiger partial charge in [0.05, 0.1) is 10.6 Å². The number of halogens is 1. The third kappa shape index (κ3) is 3.50. The molecule has 0 unspecified atom stereocenters. The van der Waals surface area contributed by atoms with Gasteiger partial charge in [0, 0.05) is 19.6 Å². The minimum absolute atomic E-state index is 0.0672. The molecule has 0 saturated carbocycles. The van der Waals surface area contributed by atoms with Crippen molar-refractivity contribution in [2.75, 3.05) is 13.1 Å². The third-order valence-electron chi connectivity index (χ3n) is 5.07. The maximum atomic E-state index is 12.8. The van der Waals surface area contributed by atoms with Crippen molar-refractivity contribution < 1.29 is 15.0 Å². The van der Waals surface area contributed by atoms with Crippen LogP contribution in [0.5, 0.6) is 11.5 Å². The maximum Gasteiger partial charge on any atom is 0.257 e. The van der Waals surface area contributed by atoms with Gasteiger partial charge in [0.25, 0.3) is 5.91 Å². The van der Waals surface area contributed by atoms with Gasteiger partial charge in [-0.25, -0.2) is 0 Å². The smallest absolute Gasteiger partial charge is 0.257 e. The average molecular weight is 375 g/mol. The van der Waals surface area contributed by atoms with E-state index in [1.807, 2.05) is 12.1 Å². The van der Waals surface area contributed by atoms with E-state index >= 15 is 0 Å². The number of nitrogens with two attached hydrogens (primary N) is 1. The molecule has 4 N–H and O–H groups in total. The van der Waals surface area contributed by atoms with Crippen LogP contribution in [0.4, 0.5) is 0 Å². The summed E-state index contributed by atoms with van der Waals surface area (Å²) >= 11 is 5.91. The SMILES string of the molecule is Cc1cc(C(=O)N2CCC(c3cccc(CN)c3)CC2)c(O)c(O)c1Cl. The van der Waals surface area contributed by atoms with Crippen molar-refractivity contribution in [3.63, 3.8) is 0 Å². The van der Waals surface area contributed by atoms with Crippen LogP contribution in [0.25, 0.3) is 0 Å². The summed E-state index contributed by atoms with van der Waals surface area (Å²) in [6.45, 7) is 3.40. The first-order valence-electron chi connectivity index (χ1n) is 8.71. The van der Waals surface area contributed by atoms with E-state index in [0.717, 1.165) is 18.4 Å². The Morgan fingerprint density at radius 2 is 1.92 bits per heavy atom. The number of piperidine rings is 1. The first-order valence-corrected chi connectivity index (χ1v) is 9.09. The van der Waals surface area contributed by atoms with Crippen LogP contribution in [0.2, 0.25) is 5.02 Å². The minimum Gasteiger partial charge on any atom is -0.504 e. The van der Waals surface area contributed by atoms with Gasteiger partial charge in [-0.15, -0.1) is 0 Å². The quantitative estimate of drug-likeness (QED) is 0.717. The highest BCUT2D eigenvalue weighted by molar-refractivity contribution is 6.33. The number of benzene rings is 2. The van der Waals surface area contributed by atoms with Gasteiger partial charge in [-0.3, -0.25) is 4.79 Å². The summed E-state index contributed by atoms with van der Waals surface area (Å²) in [7, 11) is 0. The summed E-state index contributed by atoms with van der Waals surface area (Å²) in [5.74, 6) is -0.793. The predicted octanol–water partition coefficient (Wildman–Crippen LogP) is 3.54. The van der Waals surface area contributed by atoms with Crippen LogP contribution >= 0.6 is 11.6 Å². The van der Waals surface area contributed by atoms with E-state index in [1.54, 1.807) is 11.8 Å². The van der Waals surface area contributed by atoms with E-state index in [-0.39, 0.29) is 16.5 Å². The molecule has 0 aliphatic carbocycles. The monoisotopic (exact) mass is 374 g/mol. The van der Waals surface area contributed by atoms with Gasteiger partial charge < -0.3 is 20.8 Å². The Balaban J connectivity index is 1.73. The van der Waals surface area contributed by atoms with Gasteiger partial charge >= 0.3 is 0 Å². The lowest BCUT2D eigenvalue weighted by molar-refractivity contribution is 0.0709. The highest BCUT2D eigenvalue weighted by Crippen LogP contribution is 2.39.